The number of nitrogens with one attached hydrogen (secondary N) is 4. The van der Waals surface area contributed by atoms with E-state index in [0.717, 1.165) is 117 Å². The number of aromatic nitrogens is 9. The molecular weight excluding hydrogens is 996 g/mol. The average molecular weight is 1060 g/mol. The van der Waals surface area contributed by atoms with Crippen LogP contribution in [0.4, 0.5) is 30.6 Å². The van der Waals surface area contributed by atoms with Crippen molar-refractivity contribution in [3.05, 3.63) is 102 Å². The summed E-state index contributed by atoms with van der Waals surface area (Å²) in [5.74, 6) is 4.03. The zero-order chi connectivity index (χ0) is 53.8. The number of hydrogen-bond acceptors (Lipinski definition) is 14. The largest absolute Gasteiger partial charge is 0.440 e. The monoisotopic (exact) mass is 1060 g/mol. The molecule has 3 aromatic carbocycles. The molecule has 3 aliphatic heterocycles. The summed E-state index contributed by atoms with van der Waals surface area (Å²) in [6.45, 7) is 7.22. The number of ether oxygens (including phenoxy) is 2. The van der Waals surface area contributed by atoms with Crippen LogP contribution in [0.5, 0.6) is 23.3 Å². The lowest BCUT2D eigenvalue weighted by Crippen LogP contribution is -2.45. The van der Waals surface area contributed by atoms with E-state index in [1.54, 1.807) is 0 Å². The number of likely N-dealkylation sites (tertiary alicyclic amines) is 3. The molecule has 6 aromatic heterocycles. The minimum Gasteiger partial charge on any atom is -0.440 e. The first-order valence-corrected chi connectivity index (χ1v) is 26.9. The van der Waals surface area contributed by atoms with Crippen LogP contribution in [0.2, 0.25) is 0 Å². The van der Waals surface area contributed by atoms with Gasteiger partial charge in [-0.3, -0.25) is 0 Å². The summed E-state index contributed by atoms with van der Waals surface area (Å²) in [6, 6.07) is 26.1. The minimum absolute atomic E-state index is 0.0844. The fourth-order valence-electron chi connectivity index (χ4n) is 11.9. The molecule has 4 N–H and O–H groups in total. The summed E-state index contributed by atoms with van der Waals surface area (Å²) >= 11 is 0. The quantitative estimate of drug-likeness (QED) is 0.0860. The number of aryl methyl sites for hydroxylation is 2. The second kappa shape index (κ2) is 20.9. The first-order chi connectivity index (χ1) is 37.7. The number of anilines is 3. The number of nitrogens with zero attached hydrogens (tertiary/aromatic N) is 11. The second-order valence-corrected chi connectivity index (χ2v) is 21.5. The Kier molecular flexibility index (Phi) is 13.6. The number of likely N-dealkylation sites (N-methyl/N-ethyl adjacent to an activating group) is 4. The molecule has 0 spiro atoms. The number of rotatable bonds is 13. The van der Waals surface area contributed by atoms with Crippen LogP contribution in [0.3, 0.4) is 0 Å². The third-order valence-corrected chi connectivity index (χ3v) is 15.9. The maximum absolute atomic E-state index is 13.9. The van der Waals surface area contributed by atoms with Crippen LogP contribution in [0, 0.1) is 6.92 Å². The summed E-state index contributed by atoms with van der Waals surface area (Å²) in [5.41, 5.74) is 5.15. The lowest BCUT2D eigenvalue weighted by molar-refractivity contribution is -0.138. The van der Waals surface area contributed by atoms with E-state index in [0.29, 0.717) is 80.0 Å². The van der Waals surface area contributed by atoms with Crippen molar-refractivity contribution in [2.45, 2.75) is 69.8 Å². The Morgan fingerprint density at radius 1 is 0.628 bits per heavy atom. The highest BCUT2D eigenvalue weighted by Crippen LogP contribution is 2.44. The molecule has 17 nitrogen and oxygen atoms in total. The Morgan fingerprint density at radius 2 is 1.24 bits per heavy atom. The Labute approximate surface area is 450 Å². The molecule has 20 heteroatoms. The van der Waals surface area contributed by atoms with Crippen LogP contribution in [0.25, 0.3) is 66.5 Å². The lowest BCUT2D eigenvalue weighted by Gasteiger charge is -2.36. The fraction of sp³-hybridized carbons (Fsp3) is 0.379. The van der Waals surface area contributed by atoms with Crippen molar-refractivity contribution in [3.8, 4) is 57.0 Å². The molecule has 0 saturated carbocycles. The predicted octanol–water partition coefficient (Wildman–Crippen LogP) is 11.0. The van der Waals surface area contributed by atoms with Crippen molar-refractivity contribution in [1.82, 2.24) is 59.8 Å². The van der Waals surface area contributed by atoms with Gasteiger partial charge >= 0.3 is 6.18 Å². The van der Waals surface area contributed by atoms with Crippen LogP contribution in [0.1, 0.15) is 49.7 Å². The second-order valence-electron chi connectivity index (χ2n) is 21.5. The minimum atomic E-state index is -4.49. The molecule has 0 amide bonds. The van der Waals surface area contributed by atoms with Gasteiger partial charge in [-0.05, 0) is 134 Å². The highest BCUT2D eigenvalue weighted by molar-refractivity contribution is 6.02. The van der Waals surface area contributed by atoms with Gasteiger partial charge in [-0.15, -0.1) is 30.6 Å². The average Bonchev–Trinajstić information content (AvgIpc) is 4.32. The molecule has 9 heterocycles. The number of H-pyrrole nitrogens is 2. The van der Waals surface area contributed by atoms with Crippen molar-refractivity contribution in [3.63, 3.8) is 0 Å². The zero-order valence-corrected chi connectivity index (χ0v) is 44.7. The SMILES string of the molecule is Cc1cc(-c2nnc(N[C@@H]3CCCN(C)C3)c3cc(Oc4ccccc4-c4nnc(N[C@@H]5CCCN(C)C5)c5cc(Oc6ccccc6-c6nnc(N(C)[C@@H]7CCCN(C)C7)c7cc[nH]c67)n(C)c45)[nH]c23)ccc1C(F)(F)F. The summed E-state index contributed by atoms with van der Waals surface area (Å²) in [5, 5.41) is 38.8. The third kappa shape index (κ3) is 9.92. The van der Waals surface area contributed by atoms with Crippen molar-refractivity contribution in [1.29, 1.82) is 0 Å². The van der Waals surface area contributed by atoms with E-state index >= 15 is 0 Å². The number of alkyl halides is 3. The van der Waals surface area contributed by atoms with E-state index in [1.165, 1.54) is 19.1 Å². The molecule has 0 radical (unpaired) electrons. The molecule has 78 heavy (non-hydrogen) atoms. The van der Waals surface area contributed by atoms with Gasteiger partial charge in [0, 0.05) is 97.6 Å². The highest BCUT2D eigenvalue weighted by atomic mass is 19.4. The van der Waals surface area contributed by atoms with Crippen LogP contribution in [-0.2, 0) is 13.2 Å². The third-order valence-electron chi connectivity index (χ3n) is 15.9. The van der Waals surface area contributed by atoms with Gasteiger partial charge in [0.15, 0.2) is 23.3 Å². The number of hydrogen-bond donors (Lipinski definition) is 4. The van der Waals surface area contributed by atoms with E-state index < -0.39 is 11.7 Å². The van der Waals surface area contributed by atoms with Crippen molar-refractivity contribution in [2.24, 2.45) is 7.05 Å². The number of para-hydroxylation sites is 2. The molecule has 404 valence electrons. The van der Waals surface area contributed by atoms with Gasteiger partial charge < -0.3 is 54.2 Å². The number of benzene rings is 3. The summed E-state index contributed by atoms with van der Waals surface area (Å²) in [7, 11) is 10.5. The van der Waals surface area contributed by atoms with Crippen LogP contribution >= 0.6 is 0 Å². The molecule has 9 aromatic rings. The maximum atomic E-state index is 13.9. The van der Waals surface area contributed by atoms with Gasteiger partial charge in [0.2, 0.25) is 5.88 Å². The molecule has 3 saturated heterocycles. The normalized spacial score (nSPS) is 19.0. The van der Waals surface area contributed by atoms with Crippen LogP contribution < -0.4 is 25.0 Å². The Bertz CT molecular complexity index is 3670. The van der Waals surface area contributed by atoms with Gasteiger partial charge in [-0.25, -0.2) is 0 Å². The van der Waals surface area contributed by atoms with E-state index in [1.807, 2.05) is 78.5 Å². The molecular formula is C58H64F3N15O2. The first-order valence-electron chi connectivity index (χ1n) is 26.9. The van der Waals surface area contributed by atoms with E-state index in [2.05, 4.69) is 84.7 Å². The van der Waals surface area contributed by atoms with E-state index in [9.17, 15) is 13.2 Å². The van der Waals surface area contributed by atoms with Crippen LogP contribution in [-0.4, -0.2) is 145 Å². The molecule has 0 bridgehead atoms. The highest BCUT2D eigenvalue weighted by Gasteiger charge is 2.33. The zero-order valence-electron chi connectivity index (χ0n) is 44.7. The first kappa shape index (κ1) is 51.0. The number of aromatic amines is 2. The molecule has 0 aliphatic carbocycles. The van der Waals surface area contributed by atoms with Gasteiger partial charge in [0.25, 0.3) is 0 Å². The summed E-state index contributed by atoms with van der Waals surface area (Å²) in [4.78, 5) is 16.2. The van der Waals surface area contributed by atoms with Gasteiger partial charge in [-0.1, -0.05) is 30.3 Å². The fourth-order valence-corrected chi connectivity index (χ4v) is 11.9. The Balaban J connectivity index is 0.927. The molecule has 0 unspecified atom stereocenters. The van der Waals surface area contributed by atoms with Gasteiger partial charge in [-0.2, -0.15) is 13.2 Å². The molecule has 3 atom stereocenters. The van der Waals surface area contributed by atoms with Crippen LogP contribution in [0.15, 0.2) is 91.1 Å². The van der Waals surface area contributed by atoms with Crippen molar-refractivity contribution < 1.29 is 22.6 Å². The smallest absolute Gasteiger partial charge is 0.416 e. The molecule has 12 rings (SSSR count). The van der Waals surface area contributed by atoms with E-state index in [4.69, 9.17) is 29.9 Å². The Morgan fingerprint density at radius 3 is 1.91 bits per heavy atom. The molecule has 3 aliphatic rings. The summed E-state index contributed by atoms with van der Waals surface area (Å²) in [6.07, 6.45) is 3.69. The number of fused-ring (bicyclic) bond motifs is 3. The van der Waals surface area contributed by atoms with Crippen molar-refractivity contribution in [2.75, 3.05) is 83.0 Å². The standard InChI is InChI=1S/C58H64F3N15O2/c1-34-28-35(21-22-44(34)58(59,60)61)49-51-42(55(69-66-49)63-36-14-11-25-72(2)31-36)29-47(65-51)77-45-19-9-8-18-40(45)53-54-43(56(70-68-53)64-37-15-12-26-73(3)32-37)30-48(76(54)6)78-46-20-10-7-17-39(46)52-50-41(23-24-62-50)57(71-67-52)75(5)38-16-13-27-74(4)33-38/h7-10,17-24,28-30,36-38,62,65H,11-16,25-27,31-33H2,1-6H3,(H,63,69)(H,64,70)/t36-,37-,38-/m1/s1. The Hall–Kier alpha value is -7.81. The summed E-state index contributed by atoms with van der Waals surface area (Å²) < 4.78 is 57.6. The van der Waals surface area contributed by atoms with Gasteiger partial charge in [0.05, 0.1) is 27.5 Å². The van der Waals surface area contributed by atoms with Gasteiger partial charge in [0.1, 0.15) is 28.6 Å². The maximum Gasteiger partial charge on any atom is 0.416 e. The number of halogens is 3. The van der Waals surface area contributed by atoms with Crippen molar-refractivity contribution >= 4 is 50.2 Å². The molecule has 3 fully saturated rings. The van der Waals surface area contributed by atoms with E-state index in [-0.39, 0.29) is 17.6 Å². The lowest BCUT2D eigenvalue weighted by atomic mass is 10.0. The predicted molar refractivity (Wildman–Crippen MR) is 300 cm³/mol. The number of piperidine rings is 3. The topological polar surface area (TPSA) is 169 Å².